The third-order valence-electron chi connectivity index (χ3n) is 2.69. The fraction of sp³-hybridized carbons (Fsp3) is 0.273. The summed E-state index contributed by atoms with van der Waals surface area (Å²) in [7, 11) is -6.92. The zero-order chi connectivity index (χ0) is 13.4. The lowest BCUT2D eigenvalue weighted by Crippen LogP contribution is -2.21. The van der Waals surface area contributed by atoms with Crippen molar-refractivity contribution in [2.24, 2.45) is 0 Å². The molecule has 0 N–H and O–H groups in total. The van der Waals surface area contributed by atoms with Crippen LogP contribution in [0.1, 0.15) is 10.8 Å². The monoisotopic (exact) mass is 398 g/mol. The Morgan fingerprint density at radius 2 is 1.67 bits per heavy atom. The van der Waals surface area contributed by atoms with Crippen LogP contribution in [0, 0.1) is 3.57 Å². The van der Waals surface area contributed by atoms with Crippen LogP contribution in [0.4, 0.5) is 0 Å². The van der Waals surface area contributed by atoms with E-state index in [-0.39, 0.29) is 11.5 Å². The van der Waals surface area contributed by atoms with Crippen molar-refractivity contribution in [3.63, 3.8) is 0 Å². The van der Waals surface area contributed by atoms with Gasteiger partial charge in [0.1, 0.15) is 5.25 Å². The van der Waals surface area contributed by atoms with Crippen LogP contribution in [0.3, 0.4) is 0 Å². The van der Waals surface area contributed by atoms with E-state index in [2.05, 4.69) is 22.6 Å². The van der Waals surface area contributed by atoms with Gasteiger partial charge in [0.15, 0.2) is 19.7 Å². The molecule has 1 unspecified atom stereocenters. The van der Waals surface area contributed by atoms with E-state index in [0.717, 1.165) is 8.98 Å². The molecular weight excluding hydrogens is 387 g/mol. The first kappa shape index (κ1) is 14.0. The quantitative estimate of drug-likeness (QED) is 0.676. The minimum absolute atomic E-state index is 0.233. The van der Waals surface area contributed by atoms with Gasteiger partial charge in [-0.2, -0.15) is 0 Å². The third-order valence-corrected chi connectivity index (χ3v) is 6.99. The summed E-state index contributed by atoms with van der Waals surface area (Å²) in [6, 6.07) is 6.89. The normalized spacial score (nSPS) is 25.5. The Morgan fingerprint density at radius 1 is 1.06 bits per heavy atom. The van der Waals surface area contributed by atoms with Crippen molar-refractivity contribution in [1.29, 1.82) is 0 Å². The van der Waals surface area contributed by atoms with Gasteiger partial charge in [-0.1, -0.05) is 18.2 Å². The highest BCUT2D eigenvalue weighted by atomic mass is 127. The summed E-state index contributed by atoms with van der Waals surface area (Å²) in [6.45, 7) is 0. The molecule has 1 aliphatic rings. The highest BCUT2D eigenvalue weighted by Gasteiger charge is 2.32. The first-order valence-corrected chi connectivity index (χ1v) is 9.67. The molecule has 4 nitrogen and oxygen atoms in total. The molecule has 1 heterocycles. The maximum absolute atomic E-state index is 12.1. The maximum Gasteiger partial charge on any atom is 0.172 e. The zero-order valence-corrected chi connectivity index (χ0v) is 13.1. The molecule has 2 rings (SSSR count). The van der Waals surface area contributed by atoms with E-state index in [1.165, 1.54) is 6.08 Å². The second kappa shape index (κ2) is 4.93. The van der Waals surface area contributed by atoms with Crippen molar-refractivity contribution >= 4 is 42.3 Å². The van der Waals surface area contributed by atoms with Crippen LogP contribution in [0.5, 0.6) is 0 Å². The second-order valence-corrected chi connectivity index (χ2v) is 9.48. The summed E-state index contributed by atoms with van der Waals surface area (Å²) in [5.41, 5.74) is 0.530. The molecule has 0 bridgehead atoms. The van der Waals surface area contributed by atoms with Gasteiger partial charge in [-0.3, -0.25) is 0 Å². The van der Waals surface area contributed by atoms with Gasteiger partial charge in [0.2, 0.25) is 0 Å². The molecule has 0 aromatic heterocycles. The van der Waals surface area contributed by atoms with E-state index < -0.39 is 24.9 Å². The smallest absolute Gasteiger partial charge is 0.172 e. The van der Waals surface area contributed by atoms with E-state index in [9.17, 15) is 16.8 Å². The summed E-state index contributed by atoms with van der Waals surface area (Å²) >= 11 is 2.11. The average Bonchev–Trinajstić information content (AvgIpc) is 2.36. The van der Waals surface area contributed by atoms with E-state index in [1.54, 1.807) is 24.3 Å². The Labute approximate surface area is 120 Å². The standard InChI is InChI=1S/C11H11IO4S2/c12-10-4-2-9(3-5-10)11-8-17(13,14)6-1-7-18(11,15)16/h1-6,11H,7-8H2. The van der Waals surface area contributed by atoms with Crippen LogP contribution >= 0.6 is 22.6 Å². The molecule has 1 aromatic rings. The lowest BCUT2D eigenvalue weighted by atomic mass is 10.2. The van der Waals surface area contributed by atoms with Gasteiger partial charge in [-0.05, 0) is 40.3 Å². The molecule has 0 aliphatic carbocycles. The molecule has 0 saturated heterocycles. The van der Waals surface area contributed by atoms with Gasteiger partial charge >= 0.3 is 0 Å². The van der Waals surface area contributed by atoms with Gasteiger partial charge < -0.3 is 0 Å². The average molecular weight is 398 g/mol. The van der Waals surface area contributed by atoms with Crippen molar-refractivity contribution in [2.45, 2.75) is 5.25 Å². The Balaban J connectivity index is 2.50. The van der Waals surface area contributed by atoms with Crippen LogP contribution in [0.25, 0.3) is 0 Å². The van der Waals surface area contributed by atoms with Crippen molar-refractivity contribution < 1.29 is 16.8 Å². The van der Waals surface area contributed by atoms with Crippen LogP contribution in [0.2, 0.25) is 0 Å². The second-order valence-electron chi connectivity index (χ2n) is 4.07. The first-order chi connectivity index (χ1) is 8.30. The molecule has 0 amide bonds. The Bertz CT molecular complexity index is 672. The summed E-state index contributed by atoms with van der Waals surface area (Å²) < 4.78 is 48.4. The molecule has 0 spiro atoms. The van der Waals surface area contributed by atoms with Gasteiger partial charge in [-0.15, -0.1) is 0 Å². The highest BCUT2D eigenvalue weighted by Crippen LogP contribution is 2.28. The predicted molar refractivity (Wildman–Crippen MR) is 78.6 cm³/mol. The number of halogens is 1. The van der Waals surface area contributed by atoms with Crippen LogP contribution in [0.15, 0.2) is 35.7 Å². The number of hydrogen-bond donors (Lipinski definition) is 0. The molecule has 0 radical (unpaired) electrons. The molecule has 98 valence electrons. The topological polar surface area (TPSA) is 68.3 Å². The van der Waals surface area contributed by atoms with Gasteiger partial charge in [0, 0.05) is 8.98 Å². The minimum Gasteiger partial charge on any atom is -0.228 e. The lowest BCUT2D eigenvalue weighted by molar-refractivity contribution is 0.582. The number of sulfone groups is 2. The highest BCUT2D eigenvalue weighted by molar-refractivity contribution is 14.1. The molecular formula is C11H11IO4S2. The van der Waals surface area contributed by atoms with E-state index in [4.69, 9.17) is 0 Å². The summed E-state index contributed by atoms with van der Waals surface area (Å²) in [5, 5.41) is 0.0200. The molecule has 1 aromatic carbocycles. The van der Waals surface area contributed by atoms with Crippen molar-refractivity contribution in [2.75, 3.05) is 11.5 Å². The van der Waals surface area contributed by atoms with Crippen molar-refractivity contribution in [3.05, 3.63) is 44.9 Å². The van der Waals surface area contributed by atoms with Crippen molar-refractivity contribution in [1.82, 2.24) is 0 Å². The van der Waals surface area contributed by atoms with E-state index >= 15 is 0 Å². The molecule has 7 heteroatoms. The van der Waals surface area contributed by atoms with Crippen LogP contribution < -0.4 is 0 Å². The fourth-order valence-corrected chi connectivity index (χ4v) is 5.95. The number of hydrogen-bond acceptors (Lipinski definition) is 4. The Hall–Kier alpha value is -0.410. The third kappa shape index (κ3) is 3.12. The molecule has 0 fully saturated rings. The van der Waals surface area contributed by atoms with Crippen LogP contribution in [-0.4, -0.2) is 28.3 Å². The van der Waals surface area contributed by atoms with E-state index in [0.29, 0.717) is 5.56 Å². The summed E-state index contributed by atoms with van der Waals surface area (Å²) in [6.07, 6.45) is 1.21. The Kier molecular flexibility index (Phi) is 3.84. The Morgan fingerprint density at radius 3 is 2.28 bits per heavy atom. The fourth-order valence-electron chi connectivity index (χ4n) is 1.79. The zero-order valence-electron chi connectivity index (χ0n) is 9.28. The van der Waals surface area contributed by atoms with Crippen molar-refractivity contribution in [3.8, 4) is 0 Å². The predicted octanol–water partition coefficient (Wildman–Crippen LogP) is 1.69. The van der Waals surface area contributed by atoms with Crippen LogP contribution in [-0.2, 0) is 19.7 Å². The minimum atomic E-state index is -3.47. The largest absolute Gasteiger partial charge is 0.228 e. The lowest BCUT2D eigenvalue weighted by Gasteiger charge is -2.14. The summed E-state index contributed by atoms with van der Waals surface area (Å²) in [4.78, 5) is 0. The molecule has 18 heavy (non-hydrogen) atoms. The first-order valence-electron chi connectivity index (χ1n) is 5.16. The van der Waals surface area contributed by atoms with Gasteiger partial charge in [-0.25, -0.2) is 16.8 Å². The molecule has 1 atom stereocenters. The SMILES string of the molecule is O=S1(=O)C=CCS(=O)(=O)C(c2ccc(I)cc2)C1. The van der Waals surface area contributed by atoms with Gasteiger partial charge in [0.25, 0.3) is 0 Å². The molecule has 0 saturated carbocycles. The van der Waals surface area contributed by atoms with E-state index in [1.807, 2.05) is 0 Å². The maximum atomic E-state index is 12.1. The number of rotatable bonds is 1. The van der Waals surface area contributed by atoms with Gasteiger partial charge in [0.05, 0.1) is 11.5 Å². The molecule has 1 aliphatic heterocycles. The summed E-state index contributed by atoms with van der Waals surface area (Å²) in [5.74, 6) is -0.616. The number of benzene rings is 1.